The number of imidazole rings is 1. The molecule has 0 aliphatic carbocycles. The molecule has 130 valence electrons. The van der Waals surface area contributed by atoms with Gasteiger partial charge in [0.1, 0.15) is 18.2 Å². The molecule has 0 spiro atoms. The number of para-hydroxylation sites is 1. The van der Waals surface area contributed by atoms with Crippen molar-refractivity contribution < 1.29 is 14.6 Å². The summed E-state index contributed by atoms with van der Waals surface area (Å²) in [6, 6.07) is 13.1. The molecule has 6 heteroatoms. The first-order valence-corrected chi connectivity index (χ1v) is 8.23. The number of H-pyrrole nitrogens is 1. The zero-order valence-electron chi connectivity index (χ0n) is 14.1. The summed E-state index contributed by atoms with van der Waals surface area (Å²) in [5.74, 6) is 1.40. The van der Waals surface area contributed by atoms with Gasteiger partial charge in [0, 0.05) is 18.5 Å². The number of aliphatic hydroxyl groups excluding tert-OH is 1. The molecule has 0 aliphatic heterocycles. The first-order chi connectivity index (χ1) is 12.2. The van der Waals surface area contributed by atoms with Gasteiger partial charge in [-0.05, 0) is 42.8 Å². The van der Waals surface area contributed by atoms with Crippen molar-refractivity contribution >= 4 is 22.6 Å². The van der Waals surface area contributed by atoms with Crippen LogP contribution in [0.3, 0.4) is 0 Å². The summed E-state index contributed by atoms with van der Waals surface area (Å²) < 4.78 is 5.28. The van der Waals surface area contributed by atoms with Crippen molar-refractivity contribution in [3.05, 3.63) is 53.9 Å². The van der Waals surface area contributed by atoms with Crippen LogP contribution in [0, 0.1) is 6.92 Å². The number of hydrogen-bond donors (Lipinski definition) is 3. The van der Waals surface area contributed by atoms with Crippen molar-refractivity contribution in [3.8, 4) is 5.75 Å². The molecule has 1 heterocycles. The van der Waals surface area contributed by atoms with Crippen LogP contribution in [-0.4, -0.2) is 34.2 Å². The zero-order valence-corrected chi connectivity index (χ0v) is 14.1. The number of nitrogens with one attached hydrogen (secondary N) is 2. The summed E-state index contributed by atoms with van der Waals surface area (Å²) in [6.07, 6.45) is 0.902. The quantitative estimate of drug-likeness (QED) is 0.618. The second kappa shape index (κ2) is 7.81. The third kappa shape index (κ3) is 4.36. The third-order valence-electron chi connectivity index (χ3n) is 3.85. The van der Waals surface area contributed by atoms with E-state index in [4.69, 9.17) is 9.84 Å². The van der Waals surface area contributed by atoms with Crippen LogP contribution in [0.2, 0.25) is 0 Å². The number of rotatable bonds is 7. The van der Waals surface area contributed by atoms with Crippen LogP contribution >= 0.6 is 0 Å². The molecule has 3 rings (SSSR count). The number of nitrogens with zero attached hydrogens (tertiary/aromatic N) is 1. The Morgan fingerprint density at radius 1 is 1.24 bits per heavy atom. The lowest BCUT2D eigenvalue weighted by Crippen LogP contribution is -2.12. The highest BCUT2D eigenvalue weighted by atomic mass is 16.5. The number of aromatic amines is 1. The Hall–Kier alpha value is -2.86. The minimum absolute atomic E-state index is 0.0280. The molecule has 1 aromatic heterocycles. The summed E-state index contributed by atoms with van der Waals surface area (Å²) >= 11 is 0. The van der Waals surface area contributed by atoms with Crippen LogP contribution in [0.1, 0.15) is 17.8 Å². The predicted molar refractivity (Wildman–Crippen MR) is 96.8 cm³/mol. The second-order valence-corrected chi connectivity index (χ2v) is 5.80. The molecule has 25 heavy (non-hydrogen) atoms. The van der Waals surface area contributed by atoms with Gasteiger partial charge >= 0.3 is 0 Å². The van der Waals surface area contributed by atoms with Crippen molar-refractivity contribution in [1.82, 2.24) is 9.97 Å². The zero-order chi connectivity index (χ0) is 17.6. The number of anilines is 1. The van der Waals surface area contributed by atoms with Gasteiger partial charge in [-0.1, -0.05) is 12.1 Å². The van der Waals surface area contributed by atoms with Gasteiger partial charge in [0.15, 0.2) is 0 Å². The minimum atomic E-state index is -0.0683. The van der Waals surface area contributed by atoms with Gasteiger partial charge < -0.3 is 20.1 Å². The molecule has 0 bridgehead atoms. The average molecular weight is 339 g/mol. The fraction of sp³-hybridized carbons (Fsp3) is 0.263. The topological polar surface area (TPSA) is 87.2 Å². The normalized spacial score (nSPS) is 10.8. The lowest BCUT2D eigenvalue weighted by molar-refractivity contribution is -0.116. The van der Waals surface area contributed by atoms with E-state index in [9.17, 15) is 4.79 Å². The number of carbonyl (C=O) groups excluding carboxylic acids is 1. The van der Waals surface area contributed by atoms with Crippen LogP contribution in [0.4, 0.5) is 5.69 Å². The molecule has 1 amide bonds. The van der Waals surface area contributed by atoms with E-state index in [1.54, 1.807) is 24.3 Å². The van der Waals surface area contributed by atoms with Gasteiger partial charge in [0.2, 0.25) is 5.91 Å². The van der Waals surface area contributed by atoms with Crippen LogP contribution in [0.15, 0.2) is 42.5 Å². The van der Waals surface area contributed by atoms with E-state index in [-0.39, 0.29) is 19.1 Å². The Bertz CT molecular complexity index is 856. The molecular formula is C19H21N3O3. The lowest BCUT2D eigenvalue weighted by Gasteiger charge is -2.07. The van der Waals surface area contributed by atoms with Crippen molar-refractivity contribution in [3.63, 3.8) is 0 Å². The van der Waals surface area contributed by atoms with Gasteiger partial charge in [0.25, 0.3) is 0 Å². The molecule has 0 saturated heterocycles. The van der Waals surface area contributed by atoms with Gasteiger partial charge in [-0.15, -0.1) is 0 Å². The van der Waals surface area contributed by atoms with E-state index >= 15 is 0 Å². The number of aliphatic hydroxyl groups is 1. The molecule has 3 aromatic rings. The Morgan fingerprint density at radius 2 is 2.04 bits per heavy atom. The minimum Gasteiger partial charge on any atom is -0.491 e. The number of hydrogen-bond acceptors (Lipinski definition) is 4. The fourth-order valence-corrected chi connectivity index (χ4v) is 2.60. The lowest BCUT2D eigenvalue weighted by atomic mass is 10.2. The van der Waals surface area contributed by atoms with E-state index in [0.717, 1.165) is 22.4 Å². The van der Waals surface area contributed by atoms with Gasteiger partial charge in [0.05, 0.1) is 17.6 Å². The van der Waals surface area contributed by atoms with Crippen molar-refractivity contribution in [1.29, 1.82) is 0 Å². The number of aromatic nitrogens is 2. The molecule has 0 radical (unpaired) electrons. The predicted octanol–water partition coefficient (Wildman–Crippen LogP) is 2.81. The van der Waals surface area contributed by atoms with Gasteiger partial charge in [-0.25, -0.2) is 4.98 Å². The van der Waals surface area contributed by atoms with Crippen LogP contribution in [-0.2, 0) is 11.2 Å². The smallest absolute Gasteiger partial charge is 0.224 e. The summed E-state index contributed by atoms with van der Waals surface area (Å²) in [5, 5.41) is 11.6. The summed E-state index contributed by atoms with van der Waals surface area (Å²) in [5.41, 5.74) is 3.78. The molecule has 2 aromatic carbocycles. The summed E-state index contributed by atoms with van der Waals surface area (Å²) in [7, 11) is 0. The van der Waals surface area contributed by atoms with Crippen LogP contribution in [0.5, 0.6) is 5.75 Å². The first kappa shape index (κ1) is 17.0. The number of benzene rings is 2. The second-order valence-electron chi connectivity index (χ2n) is 5.80. The van der Waals surface area contributed by atoms with Crippen molar-refractivity contribution in [2.75, 3.05) is 18.5 Å². The van der Waals surface area contributed by atoms with E-state index in [1.165, 1.54) is 0 Å². The average Bonchev–Trinajstić information content (AvgIpc) is 3.04. The van der Waals surface area contributed by atoms with Crippen LogP contribution in [0.25, 0.3) is 11.0 Å². The van der Waals surface area contributed by atoms with Crippen molar-refractivity contribution in [2.24, 2.45) is 0 Å². The standard InChI is InChI=1S/C19H21N3O3/c1-13-3-2-4-16-19(13)22-17(21-16)9-10-18(24)20-14-5-7-15(8-6-14)25-12-11-23/h2-8,23H,9-12H2,1H3,(H,20,24)(H,21,22). The Balaban J connectivity index is 1.54. The largest absolute Gasteiger partial charge is 0.491 e. The fourth-order valence-electron chi connectivity index (χ4n) is 2.60. The molecule has 0 fully saturated rings. The molecule has 0 unspecified atom stereocenters. The Kier molecular flexibility index (Phi) is 5.30. The summed E-state index contributed by atoms with van der Waals surface area (Å²) in [4.78, 5) is 19.9. The number of carbonyl (C=O) groups is 1. The molecular weight excluding hydrogens is 318 g/mol. The number of amides is 1. The Labute approximate surface area is 145 Å². The van der Waals surface area contributed by atoms with Crippen LogP contribution < -0.4 is 10.1 Å². The number of aryl methyl sites for hydroxylation is 2. The highest BCUT2D eigenvalue weighted by Gasteiger charge is 2.08. The van der Waals surface area contributed by atoms with Crippen molar-refractivity contribution in [2.45, 2.75) is 19.8 Å². The molecule has 0 saturated carbocycles. The summed E-state index contributed by atoms with van der Waals surface area (Å²) in [6.45, 7) is 2.25. The highest BCUT2D eigenvalue weighted by molar-refractivity contribution is 5.90. The maximum atomic E-state index is 12.1. The van der Waals surface area contributed by atoms with E-state index in [1.807, 2.05) is 25.1 Å². The first-order valence-electron chi connectivity index (χ1n) is 8.23. The Morgan fingerprint density at radius 3 is 2.76 bits per heavy atom. The van der Waals surface area contributed by atoms with Gasteiger partial charge in [-0.3, -0.25) is 4.79 Å². The molecule has 0 aliphatic rings. The van der Waals surface area contributed by atoms with E-state index in [2.05, 4.69) is 15.3 Å². The van der Waals surface area contributed by atoms with Gasteiger partial charge in [-0.2, -0.15) is 0 Å². The SMILES string of the molecule is Cc1cccc2[nH]c(CCC(=O)Nc3ccc(OCCO)cc3)nc12. The molecule has 3 N–H and O–H groups in total. The maximum absolute atomic E-state index is 12.1. The molecule has 0 atom stereocenters. The third-order valence-corrected chi connectivity index (χ3v) is 3.85. The highest BCUT2D eigenvalue weighted by Crippen LogP contribution is 2.17. The maximum Gasteiger partial charge on any atom is 0.224 e. The monoisotopic (exact) mass is 339 g/mol. The number of fused-ring (bicyclic) bond motifs is 1. The van der Waals surface area contributed by atoms with E-state index < -0.39 is 0 Å². The number of ether oxygens (including phenoxy) is 1. The molecule has 6 nitrogen and oxygen atoms in total. The van der Waals surface area contributed by atoms with E-state index in [0.29, 0.717) is 24.3 Å².